The topological polar surface area (TPSA) is 71.8 Å². The molecule has 0 aliphatic carbocycles. The van der Waals surface area contributed by atoms with Crippen molar-refractivity contribution in [2.24, 2.45) is 0 Å². The average molecular weight is 494 g/mol. The van der Waals surface area contributed by atoms with Crippen molar-refractivity contribution >= 4 is 23.2 Å². The number of fused-ring (bicyclic) bond motifs is 3. The maximum absolute atomic E-state index is 13.9. The van der Waals surface area contributed by atoms with Crippen molar-refractivity contribution < 1.29 is 22.7 Å². The number of methoxy groups -OCH3 is 1. The molecule has 180 valence electrons. The second-order valence-electron chi connectivity index (χ2n) is 8.85. The molecule has 1 N–H and O–H groups in total. The van der Waals surface area contributed by atoms with E-state index in [2.05, 4.69) is 27.3 Å². The van der Waals surface area contributed by atoms with Crippen molar-refractivity contribution in [3.8, 4) is 17.0 Å². The van der Waals surface area contributed by atoms with Gasteiger partial charge in [0.15, 0.2) is 17.0 Å². The fraction of sp³-hybridized carbons (Fsp3) is 0.435. The number of nitrogens with one attached hydrogen (secondary N) is 1. The summed E-state index contributed by atoms with van der Waals surface area (Å²) in [6.07, 6.45) is -1.01. The van der Waals surface area contributed by atoms with E-state index in [9.17, 15) is 18.0 Å². The van der Waals surface area contributed by atoms with Crippen LogP contribution in [0.3, 0.4) is 0 Å². The Balaban J connectivity index is 1.53. The zero-order valence-corrected chi connectivity index (χ0v) is 19.3. The van der Waals surface area contributed by atoms with Gasteiger partial charge in [0.05, 0.1) is 12.8 Å². The highest BCUT2D eigenvalue weighted by atomic mass is 35.5. The van der Waals surface area contributed by atoms with E-state index in [1.807, 2.05) is 0 Å². The van der Waals surface area contributed by atoms with Gasteiger partial charge in [0.2, 0.25) is 0 Å². The first kappa shape index (κ1) is 22.9. The van der Waals surface area contributed by atoms with Crippen LogP contribution in [-0.4, -0.2) is 57.7 Å². The summed E-state index contributed by atoms with van der Waals surface area (Å²) in [4.78, 5) is 19.7. The Hall–Kier alpha value is -2.85. The highest BCUT2D eigenvalue weighted by Crippen LogP contribution is 2.36. The lowest BCUT2D eigenvalue weighted by atomic mass is 9.98. The number of rotatable bonds is 4. The number of hydrogen-bond donors (Lipinski definition) is 1. The predicted octanol–water partition coefficient (Wildman–Crippen LogP) is 4.43. The predicted molar refractivity (Wildman–Crippen MR) is 120 cm³/mol. The van der Waals surface area contributed by atoms with Crippen molar-refractivity contribution in [2.75, 3.05) is 14.2 Å². The summed E-state index contributed by atoms with van der Waals surface area (Å²) >= 11 is 6.40. The van der Waals surface area contributed by atoms with Crippen molar-refractivity contribution in [1.29, 1.82) is 0 Å². The third-order valence-corrected chi connectivity index (χ3v) is 7.19. The molecule has 0 spiro atoms. The number of carbonyl (C=O) groups excluding carboxylic acids is 1. The van der Waals surface area contributed by atoms with Crippen LogP contribution in [0.25, 0.3) is 16.9 Å². The number of benzene rings is 1. The number of ether oxygens (including phenoxy) is 1. The molecule has 2 aliphatic heterocycles. The van der Waals surface area contributed by atoms with Crippen molar-refractivity contribution in [1.82, 2.24) is 24.8 Å². The number of hydrogen-bond acceptors (Lipinski definition) is 5. The maximum atomic E-state index is 13.9. The molecule has 2 aliphatic rings. The first-order valence-electron chi connectivity index (χ1n) is 11.0. The first-order chi connectivity index (χ1) is 16.2. The number of carbonyl (C=O) groups is 1. The summed E-state index contributed by atoms with van der Waals surface area (Å²) in [7, 11) is 3.55. The molecule has 7 nitrogen and oxygen atoms in total. The fourth-order valence-corrected chi connectivity index (χ4v) is 5.30. The van der Waals surface area contributed by atoms with Gasteiger partial charge < -0.3 is 15.0 Å². The number of piperidine rings is 1. The van der Waals surface area contributed by atoms with E-state index >= 15 is 0 Å². The molecule has 2 saturated heterocycles. The van der Waals surface area contributed by atoms with Gasteiger partial charge in [0.25, 0.3) is 5.91 Å². The van der Waals surface area contributed by atoms with E-state index < -0.39 is 17.8 Å². The van der Waals surface area contributed by atoms with Crippen LogP contribution in [-0.2, 0) is 6.18 Å². The molecule has 11 heteroatoms. The van der Waals surface area contributed by atoms with Crippen LogP contribution in [0.5, 0.6) is 5.75 Å². The van der Waals surface area contributed by atoms with E-state index in [0.29, 0.717) is 27.9 Å². The first-order valence-corrected chi connectivity index (χ1v) is 11.4. The van der Waals surface area contributed by atoms with Gasteiger partial charge in [-0.25, -0.2) is 9.50 Å². The van der Waals surface area contributed by atoms with Crippen LogP contribution in [0.4, 0.5) is 13.2 Å². The molecule has 34 heavy (non-hydrogen) atoms. The Morgan fingerprint density at radius 3 is 2.56 bits per heavy atom. The molecular formula is C23H23ClF3N5O2. The molecular weight excluding hydrogens is 471 g/mol. The normalized spacial score (nSPS) is 22.8. The molecule has 1 aromatic carbocycles. The van der Waals surface area contributed by atoms with Crippen LogP contribution < -0.4 is 10.1 Å². The summed E-state index contributed by atoms with van der Waals surface area (Å²) in [5, 5.41) is 6.64. The van der Waals surface area contributed by atoms with Crippen molar-refractivity contribution in [3.63, 3.8) is 0 Å². The van der Waals surface area contributed by atoms with Crippen molar-refractivity contribution in [2.45, 2.75) is 50.0 Å². The number of halogens is 4. The van der Waals surface area contributed by atoms with Gasteiger partial charge in [0, 0.05) is 23.7 Å². The minimum absolute atomic E-state index is 0.0411. The van der Waals surface area contributed by atoms with Gasteiger partial charge in [-0.05, 0) is 50.9 Å². The van der Waals surface area contributed by atoms with Crippen LogP contribution in [0.2, 0.25) is 5.02 Å². The molecule has 2 aromatic heterocycles. The van der Waals surface area contributed by atoms with E-state index in [0.717, 1.165) is 31.7 Å². The molecule has 0 radical (unpaired) electrons. The number of alkyl halides is 3. The van der Waals surface area contributed by atoms with Crippen LogP contribution in [0, 0.1) is 0 Å². The van der Waals surface area contributed by atoms with E-state index in [-0.39, 0.29) is 28.1 Å². The van der Waals surface area contributed by atoms with Crippen LogP contribution in [0.1, 0.15) is 41.9 Å². The Morgan fingerprint density at radius 1 is 1.21 bits per heavy atom. The highest BCUT2D eigenvalue weighted by Gasteiger charge is 2.40. The minimum Gasteiger partial charge on any atom is -0.497 e. The fourth-order valence-electron chi connectivity index (χ4n) is 5.05. The van der Waals surface area contributed by atoms with Crippen molar-refractivity contribution in [3.05, 3.63) is 46.7 Å². The molecule has 2 fully saturated rings. The van der Waals surface area contributed by atoms with Crippen LogP contribution >= 0.6 is 11.6 Å². The van der Waals surface area contributed by atoms with E-state index in [4.69, 9.17) is 16.3 Å². The standard InChI is InChI=1S/C23H23ClF3N5O2/c1-31-14-6-7-15(31)10-13(9-14)28-22(33)20-19(24)21-29-17(12-4-3-5-16(8-12)34-2)11-18(23(25,26)27)32(21)30-20/h3-5,8,11,13-15H,6-7,9-10H2,1-2H3,(H,28,33). The second kappa shape index (κ2) is 8.42. The smallest absolute Gasteiger partial charge is 0.433 e. The SMILES string of the molecule is COc1cccc(-c2cc(C(F)(F)F)n3nc(C(=O)NC4CC5CCC(C4)N5C)c(Cl)c3n2)c1. The minimum atomic E-state index is -4.74. The third-order valence-electron chi connectivity index (χ3n) is 6.84. The Kier molecular flexibility index (Phi) is 5.68. The number of nitrogens with zero attached hydrogens (tertiary/aromatic N) is 4. The molecule has 1 amide bonds. The van der Waals surface area contributed by atoms with Gasteiger partial charge in [-0.15, -0.1) is 0 Å². The monoisotopic (exact) mass is 493 g/mol. The largest absolute Gasteiger partial charge is 0.497 e. The summed E-state index contributed by atoms with van der Waals surface area (Å²) in [5.41, 5.74) is -1.12. The Bertz CT molecular complexity index is 1250. The summed E-state index contributed by atoms with van der Waals surface area (Å²) in [6.45, 7) is 0. The highest BCUT2D eigenvalue weighted by molar-refractivity contribution is 6.36. The van der Waals surface area contributed by atoms with Gasteiger partial charge in [-0.2, -0.15) is 18.3 Å². The van der Waals surface area contributed by atoms with Gasteiger partial charge in [0.1, 0.15) is 10.8 Å². The summed E-state index contributed by atoms with van der Waals surface area (Å²) in [5.74, 6) is -0.125. The maximum Gasteiger partial charge on any atom is 0.433 e. The molecule has 5 rings (SSSR count). The molecule has 2 atom stereocenters. The molecule has 2 bridgehead atoms. The lowest BCUT2D eigenvalue weighted by Crippen LogP contribution is -2.48. The van der Waals surface area contributed by atoms with Gasteiger partial charge in [-0.1, -0.05) is 23.7 Å². The zero-order chi connectivity index (χ0) is 24.2. The quantitative estimate of drug-likeness (QED) is 0.582. The Labute approximate surface area is 198 Å². The molecule has 3 aromatic rings. The summed E-state index contributed by atoms with van der Waals surface area (Å²) < 4.78 is 47.6. The molecule has 4 heterocycles. The lowest BCUT2D eigenvalue weighted by Gasteiger charge is -2.36. The number of amides is 1. The number of aromatic nitrogens is 3. The molecule has 2 unspecified atom stereocenters. The van der Waals surface area contributed by atoms with Gasteiger partial charge in [-0.3, -0.25) is 4.79 Å². The van der Waals surface area contributed by atoms with Gasteiger partial charge >= 0.3 is 6.18 Å². The average Bonchev–Trinajstić information content (AvgIpc) is 3.22. The van der Waals surface area contributed by atoms with E-state index in [1.54, 1.807) is 24.3 Å². The van der Waals surface area contributed by atoms with E-state index in [1.165, 1.54) is 7.11 Å². The second-order valence-corrected chi connectivity index (χ2v) is 9.22. The zero-order valence-electron chi connectivity index (χ0n) is 18.6. The molecule has 0 saturated carbocycles. The van der Waals surface area contributed by atoms with Crippen LogP contribution in [0.15, 0.2) is 30.3 Å². The Morgan fingerprint density at radius 2 is 1.91 bits per heavy atom. The third kappa shape index (κ3) is 3.98. The lowest BCUT2D eigenvalue weighted by molar-refractivity contribution is -0.142. The summed E-state index contributed by atoms with van der Waals surface area (Å²) in [6, 6.07) is 8.12.